The molecular weight excluding hydrogens is 340 g/mol. The van der Waals surface area contributed by atoms with Crippen LogP contribution in [0.4, 0.5) is 4.79 Å². The first kappa shape index (κ1) is 19.7. The first-order valence-electron chi connectivity index (χ1n) is 10.2. The van der Waals surface area contributed by atoms with Crippen LogP contribution in [0.3, 0.4) is 0 Å². The van der Waals surface area contributed by atoms with Crippen LogP contribution in [0.5, 0.6) is 0 Å². The molecule has 1 heterocycles. The molecule has 1 N–H and O–H groups in total. The van der Waals surface area contributed by atoms with Crippen LogP contribution in [0.2, 0.25) is 0 Å². The van der Waals surface area contributed by atoms with Crippen LogP contribution in [-0.4, -0.2) is 41.6 Å². The molecule has 1 fully saturated rings. The number of nitrogens with zero attached hydrogens (tertiary/aromatic N) is 1. The van der Waals surface area contributed by atoms with E-state index in [1.807, 2.05) is 20.8 Å². The smallest absolute Gasteiger partial charge is 0.410 e. The molecule has 148 valence electrons. The van der Waals surface area contributed by atoms with E-state index in [1.165, 1.54) is 24.0 Å². The van der Waals surface area contributed by atoms with Crippen molar-refractivity contribution >= 4 is 12.0 Å². The predicted molar refractivity (Wildman–Crippen MR) is 106 cm³/mol. The number of ether oxygens (including phenoxy) is 1. The zero-order chi connectivity index (χ0) is 19.4. The molecule has 0 bridgehead atoms. The molecule has 1 aliphatic heterocycles. The zero-order valence-corrected chi connectivity index (χ0v) is 16.8. The second-order valence-electron chi connectivity index (χ2n) is 8.80. The number of nitrogens with one attached hydrogen (secondary N) is 1. The van der Waals surface area contributed by atoms with Gasteiger partial charge in [-0.25, -0.2) is 4.79 Å². The fourth-order valence-electron chi connectivity index (χ4n) is 3.89. The molecule has 5 nitrogen and oxygen atoms in total. The van der Waals surface area contributed by atoms with E-state index in [9.17, 15) is 9.59 Å². The lowest BCUT2D eigenvalue weighted by Crippen LogP contribution is -2.48. The highest BCUT2D eigenvalue weighted by Gasteiger charge is 2.27. The third kappa shape index (κ3) is 5.72. The van der Waals surface area contributed by atoms with Gasteiger partial charge in [-0.3, -0.25) is 4.79 Å². The fourth-order valence-corrected chi connectivity index (χ4v) is 3.89. The summed E-state index contributed by atoms with van der Waals surface area (Å²) in [5.41, 5.74) is 3.48. The van der Waals surface area contributed by atoms with Gasteiger partial charge in [0.05, 0.1) is 6.42 Å². The van der Waals surface area contributed by atoms with Gasteiger partial charge in [0.2, 0.25) is 5.91 Å². The maximum Gasteiger partial charge on any atom is 0.410 e. The van der Waals surface area contributed by atoms with Gasteiger partial charge in [-0.05, 0) is 76.0 Å². The summed E-state index contributed by atoms with van der Waals surface area (Å²) < 4.78 is 5.42. The van der Waals surface area contributed by atoms with E-state index in [1.54, 1.807) is 4.90 Å². The summed E-state index contributed by atoms with van der Waals surface area (Å²) in [5, 5.41) is 3.14. The van der Waals surface area contributed by atoms with Crippen LogP contribution in [0.25, 0.3) is 0 Å². The van der Waals surface area contributed by atoms with Gasteiger partial charge in [0.25, 0.3) is 0 Å². The van der Waals surface area contributed by atoms with Crippen molar-refractivity contribution in [2.24, 2.45) is 0 Å². The Balaban J connectivity index is 1.45. The molecular formula is C22H32N2O3. The molecule has 0 unspecified atom stereocenters. The molecule has 1 aromatic rings. The van der Waals surface area contributed by atoms with E-state index >= 15 is 0 Å². The number of hydrogen-bond donors (Lipinski definition) is 1. The van der Waals surface area contributed by atoms with Crippen molar-refractivity contribution in [1.29, 1.82) is 0 Å². The fraction of sp³-hybridized carbons (Fsp3) is 0.636. The average molecular weight is 373 g/mol. The Morgan fingerprint density at radius 3 is 2.44 bits per heavy atom. The SMILES string of the molecule is CC(C)(C)OC(=O)N1CCC(NC(=O)Cc2ccc3c(c2)CCCC3)CC1. The number of likely N-dealkylation sites (tertiary alicyclic amines) is 1. The van der Waals surface area contributed by atoms with Gasteiger partial charge in [0.15, 0.2) is 0 Å². The number of aryl methyl sites for hydroxylation is 2. The van der Waals surface area contributed by atoms with E-state index in [4.69, 9.17) is 4.74 Å². The number of amides is 2. The lowest BCUT2D eigenvalue weighted by molar-refractivity contribution is -0.121. The van der Waals surface area contributed by atoms with Crippen molar-refractivity contribution in [1.82, 2.24) is 10.2 Å². The maximum absolute atomic E-state index is 12.4. The van der Waals surface area contributed by atoms with Gasteiger partial charge in [-0.1, -0.05) is 18.2 Å². The molecule has 3 rings (SSSR count). The minimum Gasteiger partial charge on any atom is -0.444 e. The minimum absolute atomic E-state index is 0.0708. The van der Waals surface area contributed by atoms with Crippen molar-refractivity contribution in [2.45, 2.75) is 77.4 Å². The largest absolute Gasteiger partial charge is 0.444 e. The second kappa shape index (κ2) is 8.32. The van der Waals surface area contributed by atoms with Gasteiger partial charge in [0, 0.05) is 19.1 Å². The number of hydrogen-bond acceptors (Lipinski definition) is 3. The third-order valence-corrected chi connectivity index (χ3v) is 5.29. The number of piperidine rings is 1. The predicted octanol–water partition coefficient (Wildman–Crippen LogP) is 3.62. The molecule has 1 aromatic carbocycles. The monoisotopic (exact) mass is 372 g/mol. The van der Waals surface area contributed by atoms with Crippen molar-refractivity contribution in [3.63, 3.8) is 0 Å². The summed E-state index contributed by atoms with van der Waals surface area (Å²) in [7, 11) is 0. The summed E-state index contributed by atoms with van der Waals surface area (Å²) in [6.07, 6.45) is 6.53. The van der Waals surface area contributed by atoms with E-state index in [-0.39, 0.29) is 18.0 Å². The summed E-state index contributed by atoms with van der Waals surface area (Å²) in [6.45, 7) is 6.87. The zero-order valence-electron chi connectivity index (χ0n) is 16.8. The Morgan fingerprint density at radius 1 is 1.11 bits per heavy atom. The molecule has 0 aromatic heterocycles. The second-order valence-corrected chi connectivity index (χ2v) is 8.80. The lowest BCUT2D eigenvalue weighted by Gasteiger charge is -2.33. The van der Waals surface area contributed by atoms with Crippen molar-refractivity contribution < 1.29 is 14.3 Å². The standard InChI is InChI=1S/C22H32N2O3/c1-22(2,3)27-21(26)24-12-10-19(11-13-24)23-20(25)15-16-8-9-17-6-4-5-7-18(17)14-16/h8-9,14,19H,4-7,10-13,15H2,1-3H3,(H,23,25). The molecule has 1 saturated heterocycles. The summed E-state index contributed by atoms with van der Waals surface area (Å²) >= 11 is 0. The van der Waals surface area contributed by atoms with Gasteiger partial charge in [-0.15, -0.1) is 0 Å². The molecule has 0 spiro atoms. The number of carbonyl (C=O) groups excluding carboxylic acids is 2. The number of carbonyl (C=O) groups is 2. The molecule has 1 aliphatic carbocycles. The highest BCUT2D eigenvalue weighted by Crippen LogP contribution is 2.22. The Kier molecular flexibility index (Phi) is 6.08. The average Bonchev–Trinajstić information content (AvgIpc) is 2.60. The topological polar surface area (TPSA) is 58.6 Å². The molecule has 0 saturated carbocycles. The molecule has 27 heavy (non-hydrogen) atoms. The normalized spacial score (nSPS) is 18.0. The first-order chi connectivity index (χ1) is 12.8. The van der Waals surface area contributed by atoms with E-state index in [2.05, 4.69) is 23.5 Å². The minimum atomic E-state index is -0.475. The van der Waals surface area contributed by atoms with Crippen molar-refractivity contribution in [3.05, 3.63) is 34.9 Å². The highest BCUT2D eigenvalue weighted by molar-refractivity contribution is 5.79. The Hall–Kier alpha value is -2.04. The highest BCUT2D eigenvalue weighted by atomic mass is 16.6. The van der Waals surface area contributed by atoms with Gasteiger partial charge < -0.3 is 15.0 Å². The number of rotatable bonds is 3. The third-order valence-electron chi connectivity index (χ3n) is 5.29. The van der Waals surface area contributed by atoms with Crippen LogP contribution in [0.1, 0.15) is 63.1 Å². The number of benzene rings is 1. The number of fused-ring (bicyclic) bond motifs is 1. The van der Waals surface area contributed by atoms with Crippen LogP contribution < -0.4 is 5.32 Å². The van der Waals surface area contributed by atoms with Gasteiger partial charge in [-0.2, -0.15) is 0 Å². The van der Waals surface area contributed by atoms with Gasteiger partial charge in [0.1, 0.15) is 5.60 Å². The Labute approximate surface area is 162 Å². The van der Waals surface area contributed by atoms with Crippen LogP contribution in [-0.2, 0) is 28.8 Å². The van der Waals surface area contributed by atoms with E-state index in [0.717, 1.165) is 31.2 Å². The Morgan fingerprint density at radius 2 is 1.78 bits per heavy atom. The van der Waals surface area contributed by atoms with Crippen LogP contribution >= 0.6 is 0 Å². The van der Waals surface area contributed by atoms with Crippen LogP contribution in [0.15, 0.2) is 18.2 Å². The molecule has 5 heteroatoms. The van der Waals surface area contributed by atoms with E-state index in [0.29, 0.717) is 19.5 Å². The summed E-state index contributed by atoms with van der Waals surface area (Å²) in [4.78, 5) is 26.3. The molecule has 0 radical (unpaired) electrons. The Bertz CT molecular complexity index is 685. The lowest BCUT2D eigenvalue weighted by atomic mass is 9.90. The quantitative estimate of drug-likeness (QED) is 0.881. The van der Waals surface area contributed by atoms with Crippen molar-refractivity contribution in [2.75, 3.05) is 13.1 Å². The summed E-state index contributed by atoms with van der Waals surface area (Å²) in [6, 6.07) is 6.62. The van der Waals surface area contributed by atoms with E-state index < -0.39 is 5.60 Å². The van der Waals surface area contributed by atoms with Crippen LogP contribution in [0, 0.1) is 0 Å². The maximum atomic E-state index is 12.4. The first-order valence-corrected chi connectivity index (χ1v) is 10.2. The van der Waals surface area contributed by atoms with Crippen molar-refractivity contribution in [3.8, 4) is 0 Å². The van der Waals surface area contributed by atoms with Gasteiger partial charge >= 0.3 is 6.09 Å². The molecule has 2 amide bonds. The summed E-state index contributed by atoms with van der Waals surface area (Å²) in [5.74, 6) is 0.0708. The molecule has 0 atom stereocenters. The molecule has 2 aliphatic rings.